The number of aryl methyl sites for hydroxylation is 2. The molecule has 0 atom stereocenters. The molecule has 6 rings (SSSR count). The normalized spacial score (nSPS) is 11.9. The molecule has 0 amide bonds. The van der Waals surface area contributed by atoms with Gasteiger partial charge in [-0.05, 0) is 89.8 Å². The number of hydrogen-bond acceptors (Lipinski definition) is 3. The van der Waals surface area contributed by atoms with Crippen LogP contribution < -0.4 is 0 Å². The van der Waals surface area contributed by atoms with Crippen LogP contribution in [-0.2, 0) is 11.8 Å². The van der Waals surface area contributed by atoms with Crippen LogP contribution in [-0.4, -0.2) is 19.6 Å². The number of benzene rings is 4. The Morgan fingerprint density at radius 1 is 0.773 bits per heavy atom. The Labute approximate surface area is 261 Å². The maximum absolute atomic E-state index is 11.7. The van der Waals surface area contributed by atoms with E-state index in [1.54, 1.807) is 0 Å². The Hall–Kier alpha value is -4.70. The molecule has 2 aromatic heterocycles. The van der Waals surface area contributed by atoms with Crippen molar-refractivity contribution in [2.75, 3.05) is 0 Å². The fourth-order valence-electron chi connectivity index (χ4n) is 6.30. The molecule has 222 valence electrons. The van der Waals surface area contributed by atoms with Gasteiger partial charge in [0.1, 0.15) is 11.6 Å². The topological polar surface area (TPSA) is 50.9 Å². The average molecular weight is 580 g/mol. The van der Waals surface area contributed by atoms with E-state index in [2.05, 4.69) is 126 Å². The third-order valence-electron chi connectivity index (χ3n) is 8.37. The van der Waals surface area contributed by atoms with Crippen LogP contribution in [0.3, 0.4) is 0 Å². The predicted octanol–water partition coefficient (Wildman–Crippen LogP) is 10.2. The smallest absolute Gasteiger partial charge is 0.149 e. The van der Waals surface area contributed by atoms with Crippen LogP contribution in [0.2, 0.25) is 0 Å². The fourth-order valence-corrected chi connectivity index (χ4v) is 6.30. The SMILES string of the molecule is Cc1cccc(C)c1-n1c(-c2cccc(C(C)(C)C)c2O)nc2c(-c3cccc(-c4cc(CC(C)C)ccn4)c3)cccc21. The van der Waals surface area contributed by atoms with E-state index in [-0.39, 0.29) is 11.2 Å². The molecule has 0 bridgehead atoms. The lowest BCUT2D eigenvalue weighted by Crippen LogP contribution is -2.12. The maximum atomic E-state index is 11.7. The second-order valence-electron chi connectivity index (χ2n) is 13.4. The molecule has 0 aliphatic rings. The number of aromatic nitrogens is 3. The second kappa shape index (κ2) is 11.4. The van der Waals surface area contributed by atoms with E-state index in [0.29, 0.717) is 5.92 Å². The van der Waals surface area contributed by atoms with Crippen molar-refractivity contribution in [1.82, 2.24) is 14.5 Å². The first kappa shape index (κ1) is 29.4. The average Bonchev–Trinajstić information content (AvgIpc) is 3.35. The minimum atomic E-state index is -0.221. The molecule has 0 saturated heterocycles. The zero-order valence-corrected chi connectivity index (χ0v) is 26.8. The minimum absolute atomic E-state index is 0.221. The summed E-state index contributed by atoms with van der Waals surface area (Å²) in [6, 6.07) is 31.6. The first-order valence-electron chi connectivity index (χ1n) is 15.5. The van der Waals surface area contributed by atoms with Crippen molar-refractivity contribution in [3.05, 3.63) is 119 Å². The third-order valence-corrected chi connectivity index (χ3v) is 8.37. The molecule has 0 unspecified atom stereocenters. The van der Waals surface area contributed by atoms with Crippen LogP contribution in [0.5, 0.6) is 5.75 Å². The van der Waals surface area contributed by atoms with Gasteiger partial charge in [0.2, 0.25) is 0 Å². The van der Waals surface area contributed by atoms with Crippen molar-refractivity contribution >= 4 is 11.0 Å². The highest BCUT2D eigenvalue weighted by Gasteiger charge is 2.25. The number of para-hydroxylation sites is 3. The van der Waals surface area contributed by atoms with E-state index in [1.165, 1.54) is 5.56 Å². The number of hydrogen-bond donors (Lipinski definition) is 1. The first-order valence-corrected chi connectivity index (χ1v) is 15.5. The van der Waals surface area contributed by atoms with Crippen molar-refractivity contribution in [3.63, 3.8) is 0 Å². The molecule has 2 heterocycles. The van der Waals surface area contributed by atoms with Crippen LogP contribution >= 0.6 is 0 Å². The zero-order chi connectivity index (χ0) is 31.2. The Morgan fingerprint density at radius 2 is 1.43 bits per heavy atom. The van der Waals surface area contributed by atoms with Crippen molar-refractivity contribution in [2.45, 2.75) is 60.3 Å². The lowest BCUT2D eigenvalue weighted by atomic mass is 9.85. The molecule has 0 saturated carbocycles. The molecule has 1 N–H and O–H groups in total. The van der Waals surface area contributed by atoms with Crippen LogP contribution in [0.1, 0.15) is 56.9 Å². The molecule has 4 aromatic carbocycles. The van der Waals surface area contributed by atoms with Crippen LogP contribution in [0.15, 0.2) is 97.2 Å². The molecule has 6 aromatic rings. The molecule has 4 nitrogen and oxygen atoms in total. The quantitative estimate of drug-likeness (QED) is 0.214. The summed E-state index contributed by atoms with van der Waals surface area (Å²) in [6.45, 7) is 15.1. The second-order valence-corrected chi connectivity index (χ2v) is 13.4. The Bertz CT molecular complexity index is 1970. The molecule has 4 heteroatoms. The summed E-state index contributed by atoms with van der Waals surface area (Å²) in [4.78, 5) is 10.1. The summed E-state index contributed by atoms with van der Waals surface area (Å²) in [5.74, 6) is 1.59. The van der Waals surface area contributed by atoms with Crippen molar-refractivity contribution in [2.24, 2.45) is 5.92 Å². The molecule has 0 radical (unpaired) electrons. The molecule has 44 heavy (non-hydrogen) atoms. The zero-order valence-electron chi connectivity index (χ0n) is 26.8. The molecular formula is C40H41N3O. The van der Waals surface area contributed by atoms with Gasteiger partial charge >= 0.3 is 0 Å². The number of pyridine rings is 1. The summed E-state index contributed by atoms with van der Waals surface area (Å²) in [6.07, 6.45) is 2.94. The first-order chi connectivity index (χ1) is 21.0. The number of aromatic hydroxyl groups is 1. The van der Waals surface area contributed by atoms with Crippen molar-refractivity contribution < 1.29 is 5.11 Å². The Kier molecular flexibility index (Phi) is 7.63. The summed E-state index contributed by atoms with van der Waals surface area (Å²) >= 11 is 0. The summed E-state index contributed by atoms with van der Waals surface area (Å²) in [7, 11) is 0. The van der Waals surface area contributed by atoms with E-state index >= 15 is 0 Å². The standard InChI is InChI=1S/C40H41N3O/c1-25(2)22-28-20-21-41-34(23-28)30-15-9-14-29(24-30)31-16-11-19-35-36(31)42-39(43(35)37-26(3)12-8-13-27(37)4)32-17-10-18-33(38(32)44)40(5,6)7/h8-21,23-25,44H,22H2,1-7H3. The lowest BCUT2D eigenvalue weighted by Gasteiger charge is -2.22. The van der Waals surface area contributed by atoms with Gasteiger partial charge in [-0.2, -0.15) is 0 Å². The van der Waals surface area contributed by atoms with Gasteiger partial charge in [-0.25, -0.2) is 4.98 Å². The monoisotopic (exact) mass is 579 g/mol. The molecule has 0 aliphatic heterocycles. The van der Waals surface area contributed by atoms with Crippen molar-refractivity contribution in [3.8, 4) is 45.2 Å². The highest BCUT2D eigenvalue weighted by atomic mass is 16.3. The number of fused-ring (bicyclic) bond motifs is 1. The number of phenolic OH excluding ortho intramolecular Hbond substituents is 1. The molecular weight excluding hydrogens is 538 g/mol. The Balaban J connectivity index is 1.60. The number of rotatable bonds is 6. The van der Waals surface area contributed by atoms with Gasteiger partial charge < -0.3 is 5.11 Å². The maximum Gasteiger partial charge on any atom is 0.149 e. The van der Waals surface area contributed by atoms with Gasteiger partial charge in [-0.3, -0.25) is 9.55 Å². The summed E-state index contributed by atoms with van der Waals surface area (Å²) in [5.41, 5.74) is 12.2. The fraction of sp³-hybridized carbons (Fsp3) is 0.250. The molecule has 0 spiro atoms. The van der Waals surface area contributed by atoms with Crippen LogP contribution in [0.25, 0.3) is 50.5 Å². The van der Waals surface area contributed by atoms with Crippen LogP contribution in [0, 0.1) is 19.8 Å². The van der Waals surface area contributed by atoms with Gasteiger partial charge in [0.05, 0.1) is 28.0 Å². The van der Waals surface area contributed by atoms with E-state index in [0.717, 1.165) is 73.6 Å². The highest BCUT2D eigenvalue weighted by molar-refractivity contribution is 5.96. The number of phenols is 1. The molecule has 0 fully saturated rings. The summed E-state index contributed by atoms with van der Waals surface area (Å²) < 4.78 is 2.23. The van der Waals surface area contributed by atoms with Gasteiger partial charge in [-0.15, -0.1) is 0 Å². The number of imidazole rings is 1. The minimum Gasteiger partial charge on any atom is -0.507 e. The van der Waals surface area contributed by atoms with Crippen molar-refractivity contribution in [1.29, 1.82) is 0 Å². The van der Waals surface area contributed by atoms with Gasteiger partial charge in [0.25, 0.3) is 0 Å². The van der Waals surface area contributed by atoms with E-state index in [4.69, 9.17) is 9.97 Å². The summed E-state index contributed by atoms with van der Waals surface area (Å²) in [5, 5.41) is 11.7. The number of nitrogens with zero attached hydrogens (tertiary/aromatic N) is 3. The van der Waals surface area contributed by atoms with Gasteiger partial charge in [-0.1, -0.05) is 95.3 Å². The third kappa shape index (κ3) is 5.41. The highest BCUT2D eigenvalue weighted by Crippen LogP contribution is 2.42. The van der Waals surface area contributed by atoms with E-state index < -0.39 is 0 Å². The van der Waals surface area contributed by atoms with Gasteiger partial charge in [0.15, 0.2) is 0 Å². The van der Waals surface area contributed by atoms with E-state index in [9.17, 15) is 5.11 Å². The Morgan fingerprint density at radius 3 is 2.16 bits per heavy atom. The lowest BCUT2D eigenvalue weighted by molar-refractivity contribution is 0.448. The van der Waals surface area contributed by atoms with E-state index in [1.807, 2.05) is 24.4 Å². The molecule has 0 aliphatic carbocycles. The van der Waals surface area contributed by atoms with Gasteiger partial charge in [0, 0.05) is 17.3 Å². The largest absolute Gasteiger partial charge is 0.507 e. The predicted molar refractivity (Wildman–Crippen MR) is 184 cm³/mol. The van der Waals surface area contributed by atoms with Crippen LogP contribution in [0.4, 0.5) is 0 Å².